The fraction of sp³-hybridized carbons (Fsp3) is 0. The first-order valence-electron chi connectivity index (χ1n) is 6.38. The van der Waals surface area contributed by atoms with E-state index >= 15 is 0 Å². The van der Waals surface area contributed by atoms with Gasteiger partial charge in [-0.3, -0.25) is 9.69 Å². The van der Waals surface area contributed by atoms with Crippen LogP contribution in [0.2, 0.25) is 0 Å². The van der Waals surface area contributed by atoms with E-state index in [0.29, 0.717) is 10.8 Å². The number of carbonyl (C=O) groups excluding carboxylic acids is 1. The highest BCUT2D eigenvalue weighted by molar-refractivity contribution is 7.80. The molecule has 21 heavy (non-hydrogen) atoms. The van der Waals surface area contributed by atoms with E-state index in [4.69, 9.17) is 16.6 Å². The lowest BCUT2D eigenvalue weighted by Gasteiger charge is -2.13. The van der Waals surface area contributed by atoms with E-state index in [1.165, 1.54) is 4.90 Å². The molecular weight excluding hydrogens is 284 g/mol. The molecular formula is C16H12N2O2S. The molecule has 0 aliphatic carbocycles. The van der Waals surface area contributed by atoms with Crippen molar-refractivity contribution in [3.8, 4) is 0 Å². The van der Waals surface area contributed by atoms with Gasteiger partial charge in [-0.05, 0) is 48.6 Å². The first-order chi connectivity index (χ1) is 10.3. The minimum Gasteiger partial charge on any atom is -0.465 e. The number of amides is 1. The molecule has 2 aromatic rings. The first kappa shape index (κ1) is 13.3. The third-order valence-electron chi connectivity index (χ3n) is 2.96. The molecule has 1 aromatic heterocycles. The Morgan fingerprint density at radius 1 is 1.14 bits per heavy atom. The Balaban J connectivity index is 1.80. The number of carbonyl (C=O) groups is 1. The van der Waals surface area contributed by atoms with Crippen LogP contribution in [-0.2, 0) is 4.79 Å². The number of hydrogen-bond acceptors (Lipinski definition) is 3. The number of thiocarbonyl (C=S) groups is 1. The van der Waals surface area contributed by atoms with E-state index in [1.54, 1.807) is 30.6 Å². The summed E-state index contributed by atoms with van der Waals surface area (Å²) in [6.45, 7) is 0. The van der Waals surface area contributed by atoms with Crippen LogP contribution in [0.5, 0.6) is 0 Å². The van der Waals surface area contributed by atoms with Crippen molar-refractivity contribution in [2.24, 2.45) is 0 Å². The second kappa shape index (κ2) is 5.76. The summed E-state index contributed by atoms with van der Waals surface area (Å²) in [6, 6.07) is 12.9. The molecule has 1 N–H and O–H groups in total. The SMILES string of the molecule is O=C1/C(=C\C=C\c2ccco2)NC(=S)N1c1ccccc1. The van der Waals surface area contributed by atoms with E-state index in [2.05, 4.69) is 5.32 Å². The van der Waals surface area contributed by atoms with Gasteiger partial charge in [-0.1, -0.05) is 24.3 Å². The summed E-state index contributed by atoms with van der Waals surface area (Å²) in [5.74, 6) is 0.551. The lowest BCUT2D eigenvalue weighted by molar-refractivity contribution is -0.113. The Morgan fingerprint density at radius 2 is 1.95 bits per heavy atom. The molecule has 1 fully saturated rings. The number of hydrogen-bond donors (Lipinski definition) is 1. The number of nitrogens with one attached hydrogen (secondary N) is 1. The standard InChI is InChI=1S/C16H12N2O2S/c19-15-14(10-4-8-13-9-5-11-20-13)17-16(21)18(15)12-6-2-1-3-7-12/h1-11H,(H,17,21)/b8-4+,14-10+. The van der Waals surface area contributed by atoms with Gasteiger partial charge in [0.1, 0.15) is 11.5 Å². The highest BCUT2D eigenvalue weighted by atomic mass is 32.1. The molecule has 104 valence electrons. The van der Waals surface area contributed by atoms with Crippen molar-refractivity contribution < 1.29 is 9.21 Å². The fourth-order valence-electron chi connectivity index (χ4n) is 1.99. The highest BCUT2D eigenvalue weighted by Gasteiger charge is 2.31. The zero-order valence-corrected chi connectivity index (χ0v) is 11.8. The van der Waals surface area contributed by atoms with Gasteiger partial charge in [0.25, 0.3) is 5.91 Å². The maximum Gasteiger partial charge on any atom is 0.281 e. The van der Waals surface area contributed by atoms with Gasteiger partial charge in [0.15, 0.2) is 5.11 Å². The van der Waals surface area contributed by atoms with Crippen molar-refractivity contribution >= 4 is 35.0 Å². The van der Waals surface area contributed by atoms with Crippen LogP contribution in [0.25, 0.3) is 6.08 Å². The summed E-state index contributed by atoms with van der Waals surface area (Å²) in [4.78, 5) is 13.8. The van der Waals surface area contributed by atoms with Crippen LogP contribution in [0.15, 0.2) is 71.0 Å². The Morgan fingerprint density at radius 3 is 2.67 bits per heavy atom. The lowest BCUT2D eigenvalue weighted by Crippen LogP contribution is -2.30. The van der Waals surface area contributed by atoms with Crippen LogP contribution in [-0.4, -0.2) is 11.0 Å². The van der Waals surface area contributed by atoms with Crippen molar-refractivity contribution in [3.63, 3.8) is 0 Å². The van der Waals surface area contributed by atoms with Gasteiger partial charge in [-0.2, -0.15) is 0 Å². The molecule has 0 radical (unpaired) electrons. The quantitative estimate of drug-likeness (QED) is 0.698. The van der Waals surface area contributed by atoms with Crippen molar-refractivity contribution in [3.05, 3.63) is 72.3 Å². The Labute approximate surface area is 127 Å². The summed E-state index contributed by atoms with van der Waals surface area (Å²) >= 11 is 5.22. The lowest BCUT2D eigenvalue weighted by atomic mass is 10.3. The number of furan rings is 1. The van der Waals surface area contributed by atoms with Gasteiger partial charge in [-0.25, -0.2) is 0 Å². The van der Waals surface area contributed by atoms with Crippen molar-refractivity contribution in [1.29, 1.82) is 0 Å². The fourth-order valence-corrected chi connectivity index (χ4v) is 2.29. The zero-order chi connectivity index (χ0) is 14.7. The van der Waals surface area contributed by atoms with Crippen LogP contribution >= 0.6 is 12.2 Å². The van der Waals surface area contributed by atoms with Crippen molar-refractivity contribution in [1.82, 2.24) is 5.32 Å². The average molecular weight is 296 g/mol. The van der Waals surface area contributed by atoms with E-state index in [0.717, 1.165) is 11.4 Å². The summed E-state index contributed by atoms with van der Waals surface area (Å²) in [7, 11) is 0. The molecule has 1 aliphatic rings. The topological polar surface area (TPSA) is 45.5 Å². The molecule has 1 aromatic carbocycles. The molecule has 0 bridgehead atoms. The van der Waals surface area contributed by atoms with E-state index in [-0.39, 0.29) is 5.91 Å². The van der Waals surface area contributed by atoms with E-state index < -0.39 is 0 Å². The molecule has 0 atom stereocenters. The smallest absolute Gasteiger partial charge is 0.281 e. The number of anilines is 1. The minimum absolute atomic E-state index is 0.171. The second-order valence-corrected chi connectivity index (χ2v) is 4.75. The number of para-hydroxylation sites is 1. The van der Waals surface area contributed by atoms with E-state index in [9.17, 15) is 4.79 Å². The van der Waals surface area contributed by atoms with Crippen LogP contribution < -0.4 is 10.2 Å². The van der Waals surface area contributed by atoms with Gasteiger partial charge in [0.05, 0.1) is 12.0 Å². The summed E-state index contributed by atoms with van der Waals surface area (Å²) < 4.78 is 5.18. The predicted octanol–water partition coefficient (Wildman–Crippen LogP) is 3.10. The monoisotopic (exact) mass is 296 g/mol. The number of allylic oxidation sites excluding steroid dienone is 2. The Bertz CT molecular complexity index is 718. The number of benzene rings is 1. The largest absolute Gasteiger partial charge is 0.465 e. The predicted molar refractivity (Wildman–Crippen MR) is 85.5 cm³/mol. The molecule has 0 spiro atoms. The third-order valence-corrected chi connectivity index (χ3v) is 3.24. The zero-order valence-electron chi connectivity index (χ0n) is 11.0. The van der Waals surface area contributed by atoms with Crippen LogP contribution in [0.4, 0.5) is 5.69 Å². The van der Waals surface area contributed by atoms with Gasteiger partial charge in [-0.15, -0.1) is 0 Å². The highest BCUT2D eigenvalue weighted by Crippen LogP contribution is 2.20. The summed E-state index contributed by atoms with van der Waals surface area (Å²) in [5.41, 5.74) is 1.19. The molecule has 0 saturated carbocycles. The van der Waals surface area contributed by atoms with Crippen LogP contribution in [0, 0.1) is 0 Å². The average Bonchev–Trinajstić information content (AvgIpc) is 3.09. The minimum atomic E-state index is -0.171. The summed E-state index contributed by atoms with van der Waals surface area (Å²) in [5, 5.41) is 3.30. The first-order valence-corrected chi connectivity index (χ1v) is 6.79. The molecule has 0 unspecified atom stereocenters. The Kier molecular flexibility index (Phi) is 3.66. The second-order valence-electron chi connectivity index (χ2n) is 4.36. The van der Waals surface area contributed by atoms with Gasteiger partial charge >= 0.3 is 0 Å². The van der Waals surface area contributed by atoms with Crippen LogP contribution in [0.3, 0.4) is 0 Å². The summed E-state index contributed by atoms with van der Waals surface area (Å²) in [6.07, 6.45) is 6.80. The third kappa shape index (κ3) is 2.78. The van der Waals surface area contributed by atoms with Gasteiger partial charge in [0.2, 0.25) is 0 Å². The molecule has 1 aliphatic heterocycles. The Hall–Kier alpha value is -2.66. The van der Waals surface area contributed by atoms with Crippen LogP contribution in [0.1, 0.15) is 5.76 Å². The molecule has 4 nitrogen and oxygen atoms in total. The molecule has 1 amide bonds. The molecule has 2 heterocycles. The molecule has 3 rings (SSSR count). The maximum absolute atomic E-state index is 12.4. The van der Waals surface area contributed by atoms with E-state index in [1.807, 2.05) is 36.4 Å². The number of nitrogens with zero attached hydrogens (tertiary/aromatic N) is 1. The normalized spacial score (nSPS) is 17.0. The maximum atomic E-state index is 12.4. The molecule has 5 heteroatoms. The van der Waals surface area contributed by atoms with Crippen molar-refractivity contribution in [2.45, 2.75) is 0 Å². The molecule has 1 saturated heterocycles. The van der Waals surface area contributed by atoms with Gasteiger partial charge < -0.3 is 9.73 Å². The van der Waals surface area contributed by atoms with Gasteiger partial charge in [0, 0.05) is 0 Å². The van der Waals surface area contributed by atoms with Crippen molar-refractivity contribution in [2.75, 3.05) is 4.90 Å². The number of rotatable bonds is 3.